The van der Waals surface area contributed by atoms with E-state index in [9.17, 15) is 9.59 Å². The molecule has 0 spiro atoms. The second-order valence-electron chi connectivity index (χ2n) is 10.8. The van der Waals surface area contributed by atoms with E-state index in [-0.39, 0.29) is 23.3 Å². The zero-order chi connectivity index (χ0) is 21.8. The van der Waals surface area contributed by atoms with Crippen LogP contribution in [-0.2, 0) is 18.8 Å². The van der Waals surface area contributed by atoms with E-state index in [0.29, 0.717) is 12.3 Å². The average Bonchev–Trinajstić information content (AvgIpc) is 2.55. The molecule has 0 aromatic heterocycles. The number of ketones is 1. The van der Waals surface area contributed by atoms with Crippen molar-refractivity contribution in [2.75, 3.05) is 6.54 Å². The Kier molecular flexibility index (Phi) is 8.91. The molecule has 0 radical (unpaired) electrons. The smallest absolute Gasteiger partial charge is 0.312 e. The maximum Gasteiger partial charge on any atom is 0.312 e. The molecule has 1 fully saturated rings. The van der Waals surface area contributed by atoms with Gasteiger partial charge >= 0.3 is 5.97 Å². The van der Waals surface area contributed by atoms with E-state index in [1.54, 1.807) is 0 Å². The molecule has 0 amide bonds. The summed E-state index contributed by atoms with van der Waals surface area (Å²) in [6.07, 6.45) is 5.64. The van der Waals surface area contributed by atoms with Gasteiger partial charge in [0, 0.05) is 0 Å². The monoisotopic (exact) mass is 413 g/mol. The quantitative estimate of drug-likeness (QED) is 0.455. The van der Waals surface area contributed by atoms with Crippen LogP contribution in [0.2, 0.25) is 18.1 Å². The molecule has 28 heavy (non-hydrogen) atoms. The first-order valence-corrected chi connectivity index (χ1v) is 13.7. The first kappa shape index (κ1) is 25.3. The number of hydrogen-bond donors (Lipinski definition) is 1. The Morgan fingerprint density at radius 2 is 1.57 bits per heavy atom. The van der Waals surface area contributed by atoms with Gasteiger partial charge in [-0.05, 0) is 51.2 Å². The molecule has 6 heteroatoms. The van der Waals surface area contributed by atoms with Crippen LogP contribution in [0.5, 0.6) is 0 Å². The van der Waals surface area contributed by atoms with Crippen molar-refractivity contribution in [1.29, 1.82) is 0 Å². The van der Waals surface area contributed by atoms with Crippen LogP contribution in [0.25, 0.3) is 0 Å². The Bertz CT molecular complexity index is 528. The summed E-state index contributed by atoms with van der Waals surface area (Å²) < 4.78 is 12.2. The second-order valence-corrected chi connectivity index (χ2v) is 15.6. The fraction of sp³-hybridized carbons (Fsp3) is 0.909. The molecule has 5 nitrogen and oxygen atoms in total. The molecule has 1 aliphatic rings. The van der Waals surface area contributed by atoms with Gasteiger partial charge < -0.3 is 14.9 Å². The predicted molar refractivity (Wildman–Crippen MR) is 117 cm³/mol. The Morgan fingerprint density at radius 3 is 2.00 bits per heavy atom. The largest absolute Gasteiger partial charge is 0.460 e. The molecule has 0 aromatic rings. The van der Waals surface area contributed by atoms with Gasteiger partial charge in [-0.3, -0.25) is 9.59 Å². The molecule has 0 aromatic carbocycles. The van der Waals surface area contributed by atoms with Gasteiger partial charge in [-0.25, -0.2) is 0 Å². The van der Waals surface area contributed by atoms with Crippen LogP contribution in [0.4, 0.5) is 0 Å². The predicted octanol–water partition coefficient (Wildman–Crippen LogP) is 4.83. The van der Waals surface area contributed by atoms with E-state index in [1.807, 2.05) is 20.8 Å². The minimum atomic E-state index is -2.26. The number of esters is 1. The molecule has 2 atom stereocenters. The number of rotatable bonds is 8. The van der Waals surface area contributed by atoms with Gasteiger partial charge in [0.2, 0.25) is 0 Å². The summed E-state index contributed by atoms with van der Waals surface area (Å²) in [6.45, 7) is 16.1. The summed E-state index contributed by atoms with van der Waals surface area (Å²) in [7, 11) is -2.26. The van der Waals surface area contributed by atoms with Gasteiger partial charge in [0.25, 0.3) is 0 Å². The van der Waals surface area contributed by atoms with E-state index < -0.39 is 25.9 Å². The molecule has 1 rings (SSSR count). The minimum Gasteiger partial charge on any atom is -0.460 e. The number of nitrogens with two attached hydrogens (primary N) is 1. The fourth-order valence-corrected chi connectivity index (χ4v) is 4.77. The van der Waals surface area contributed by atoms with Crippen LogP contribution >= 0.6 is 0 Å². The van der Waals surface area contributed by atoms with Crippen LogP contribution < -0.4 is 5.73 Å². The number of carbonyl (C=O) groups is 2. The Hall–Kier alpha value is -0.723. The maximum atomic E-state index is 13.2. The second kappa shape index (κ2) is 9.85. The average molecular weight is 414 g/mol. The Balaban J connectivity index is 3.20. The molecule has 0 bridgehead atoms. The molecule has 0 saturated heterocycles. The number of ether oxygens (including phenoxy) is 1. The van der Waals surface area contributed by atoms with Crippen molar-refractivity contribution in [1.82, 2.24) is 0 Å². The van der Waals surface area contributed by atoms with Crippen molar-refractivity contribution in [3.05, 3.63) is 0 Å². The SMILES string of the molecule is CC(C)(C)OC(=O)C(CC1CCCCC1)C(O[Si](C)(C)C(C)(C)C)C(=O)CN. The molecule has 164 valence electrons. The molecule has 2 N–H and O–H groups in total. The lowest BCUT2D eigenvalue weighted by Crippen LogP contribution is -2.52. The summed E-state index contributed by atoms with van der Waals surface area (Å²) in [4.78, 5) is 26.0. The van der Waals surface area contributed by atoms with Crippen molar-refractivity contribution in [3.63, 3.8) is 0 Å². The molecular weight excluding hydrogens is 370 g/mol. The zero-order valence-corrected chi connectivity index (χ0v) is 20.4. The summed E-state index contributed by atoms with van der Waals surface area (Å²) in [5.74, 6) is -0.685. The highest BCUT2D eigenvalue weighted by Crippen LogP contribution is 2.40. The van der Waals surface area contributed by atoms with Gasteiger partial charge in [-0.15, -0.1) is 0 Å². The van der Waals surface area contributed by atoms with Crippen molar-refractivity contribution < 1.29 is 18.8 Å². The van der Waals surface area contributed by atoms with Crippen molar-refractivity contribution in [2.24, 2.45) is 17.6 Å². The Morgan fingerprint density at radius 1 is 1.04 bits per heavy atom. The van der Waals surface area contributed by atoms with E-state index in [4.69, 9.17) is 14.9 Å². The number of carbonyl (C=O) groups excluding carboxylic acids is 2. The van der Waals surface area contributed by atoms with Crippen molar-refractivity contribution >= 4 is 20.1 Å². The molecule has 2 unspecified atom stereocenters. The van der Waals surface area contributed by atoms with Crippen LogP contribution in [0.1, 0.15) is 80.1 Å². The highest BCUT2D eigenvalue weighted by molar-refractivity contribution is 6.74. The summed E-state index contributed by atoms with van der Waals surface area (Å²) >= 11 is 0. The normalized spacial score (nSPS) is 19.2. The van der Waals surface area contributed by atoms with Crippen LogP contribution in [0, 0.1) is 11.8 Å². The van der Waals surface area contributed by atoms with Crippen LogP contribution in [-0.4, -0.2) is 38.3 Å². The molecule has 1 saturated carbocycles. The lowest BCUT2D eigenvalue weighted by Gasteiger charge is -2.41. The standard InChI is InChI=1S/C22H43NO4Si/c1-21(2,3)26-20(25)17(14-16-12-10-9-11-13-16)19(18(24)15-23)27-28(7,8)22(4,5)6/h16-17,19H,9-15,23H2,1-8H3. The van der Waals surface area contributed by atoms with Gasteiger partial charge in [0.1, 0.15) is 11.7 Å². The molecule has 0 aliphatic heterocycles. The third-order valence-corrected chi connectivity index (χ3v) is 10.6. The maximum absolute atomic E-state index is 13.2. The lowest BCUT2D eigenvalue weighted by molar-refractivity contribution is -0.166. The van der Waals surface area contributed by atoms with Crippen molar-refractivity contribution in [2.45, 2.75) is 110 Å². The van der Waals surface area contributed by atoms with Gasteiger partial charge in [0.15, 0.2) is 14.1 Å². The molecular formula is C22H43NO4Si. The zero-order valence-electron chi connectivity index (χ0n) is 19.4. The van der Waals surface area contributed by atoms with E-state index in [2.05, 4.69) is 33.9 Å². The van der Waals surface area contributed by atoms with Gasteiger partial charge in [0.05, 0.1) is 12.5 Å². The van der Waals surface area contributed by atoms with Gasteiger partial charge in [-0.2, -0.15) is 0 Å². The highest BCUT2D eigenvalue weighted by Gasteiger charge is 2.45. The van der Waals surface area contributed by atoms with Gasteiger partial charge in [-0.1, -0.05) is 52.9 Å². The molecule has 0 heterocycles. The summed E-state index contributed by atoms with van der Waals surface area (Å²) in [6, 6.07) is 0. The first-order chi connectivity index (χ1) is 12.7. The number of Topliss-reactive ketones (excluding diaryl/α,β-unsaturated/α-hetero) is 1. The van der Waals surface area contributed by atoms with Crippen LogP contribution in [0.3, 0.4) is 0 Å². The topological polar surface area (TPSA) is 78.6 Å². The third kappa shape index (κ3) is 7.60. The fourth-order valence-electron chi connectivity index (χ4n) is 3.49. The minimum absolute atomic E-state index is 0.0660. The first-order valence-electron chi connectivity index (χ1n) is 10.8. The summed E-state index contributed by atoms with van der Waals surface area (Å²) in [5, 5.41) is -0.0660. The lowest BCUT2D eigenvalue weighted by atomic mass is 9.80. The number of hydrogen-bond acceptors (Lipinski definition) is 5. The van der Waals surface area contributed by atoms with E-state index >= 15 is 0 Å². The highest BCUT2D eigenvalue weighted by atomic mass is 28.4. The Labute approximate surface area is 173 Å². The van der Waals surface area contributed by atoms with Crippen LogP contribution in [0.15, 0.2) is 0 Å². The van der Waals surface area contributed by atoms with Crippen molar-refractivity contribution in [3.8, 4) is 0 Å². The molecule has 1 aliphatic carbocycles. The third-order valence-electron chi connectivity index (χ3n) is 6.13. The van der Waals surface area contributed by atoms with E-state index in [0.717, 1.165) is 12.8 Å². The summed E-state index contributed by atoms with van der Waals surface area (Å²) in [5.41, 5.74) is 5.13. The van der Waals surface area contributed by atoms with E-state index in [1.165, 1.54) is 19.3 Å².